The van der Waals surface area contributed by atoms with Crippen LogP contribution in [0.5, 0.6) is 0 Å². The van der Waals surface area contributed by atoms with Gasteiger partial charge in [-0.1, -0.05) is 11.6 Å². The molecule has 0 radical (unpaired) electrons. The van der Waals surface area contributed by atoms with E-state index in [2.05, 4.69) is 19.9 Å². The molecule has 6 heteroatoms. The van der Waals surface area contributed by atoms with Gasteiger partial charge in [-0.2, -0.15) is 4.39 Å². The Bertz CT molecular complexity index is 445. The Morgan fingerprint density at radius 3 is 2.43 bits per heavy atom. The van der Waals surface area contributed by atoms with E-state index in [1.165, 1.54) is 12.4 Å². The van der Waals surface area contributed by atoms with Crippen LogP contribution in [0.4, 0.5) is 4.39 Å². The molecule has 2 aromatic rings. The third-order valence-electron chi connectivity index (χ3n) is 1.48. The van der Waals surface area contributed by atoms with Gasteiger partial charge in [-0.05, 0) is 0 Å². The lowest BCUT2D eigenvalue weighted by Crippen LogP contribution is -1.93. The largest absolute Gasteiger partial charge is 0.234 e. The molecule has 70 valence electrons. The van der Waals surface area contributed by atoms with Crippen LogP contribution in [0.2, 0.25) is 5.02 Å². The first-order valence-electron chi connectivity index (χ1n) is 3.71. The van der Waals surface area contributed by atoms with E-state index < -0.39 is 5.95 Å². The van der Waals surface area contributed by atoms with Crippen molar-refractivity contribution in [1.29, 1.82) is 0 Å². The second-order valence-corrected chi connectivity index (χ2v) is 2.89. The van der Waals surface area contributed by atoms with Crippen molar-refractivity contribution in [3.63, 3.8) is 0 Å². The van der Waals surface area contributed by atoms with Crippen molar-refractivity contribution in [2.24, 2.45) is 0 Å². The van der Waals surface area contributed by atoms with Crippen molar-refractivity contribution in [2.45, 2.75) is 0 Å². The first-order valence-corrected chi connectivity index (χ1v) is 4.09. The molecule has 2 heterocycles. The summed E-state index contributed by atoms with van der Waals surface area (Å²) in [7, 11) is 0. The first-order chi connectivity index (χ1) is 6.75. The highest BCUT2D eigenvalue weighted by atomic mass is 35.5. The summed E-state index contributed by atoms with van der Waals surface area (Å²) in [4.78, 5) is 14.9. The molecule has 0 bridgehead atoms. The zero-order valence-electron chi connectivity index (χ0n) is 6.85. The van der Waals surface area contributed by atoms with Crippen LogP contribution in [0.1, 0.15) is 0 Å². The second kappa shape index (κ2) is 3.63. The minimum Gasteiger partial charge on any atom is -0.234 e. The molecule has 0 saturated carbocycles. The molecule has 2 aromatic heterocycles. The van der Waals surface area contributed by atoms with Gasteiger partial charge in [0.25, 0.3) is 0 Å². The maximum atomic E-state index is 12.7. The van der Waals surface area contributed by atoms with Gasteiger partial charge in [0.05, 0.1) is 5.02 Å². The van der Waals surface area contributed by atoms with Crippen molar-refractivity contribution in [2.75, 3.05) is 0 Å². The third kappa shape index (κ3) is 1.82. The van der Waals surface area contributed by atoms with Gasteiger partial charge >= 0.3 is 0 Å². The van der Waals surface area contributed by atoms with Gasteiger partial charge in [0, 0.05) is 18.5 Å². The fourth-order valence-corrected chi connectivity index (χ4v) is 0.998. The second-order valence-electron chi connectivity index (χ2n) is 2.45. The fourth-order valence-electron chi connectivity index (χ4n) is 0.900. The van der Waals surface area contributed by atoms with Crippen LogP contribution in [-0.4, -0.2) is 19.9 Å². The average molecular weight is 211 g/mol. The molecular weight excluding hydrogens is 207 g/mol. The predicted molar refractivity (Wildman–Crippen MR) is 48.0 cm³/mol. The standard InChI is InChI=1S/C8H4ClFN4/c9-5-2-11-8(12-3-5)6-1-7(10)14-4-13-6/h1-4H. The minimum absolute atomic E-state index is 0.315. The molecular formula is C8H4ClFN4. The zero-order chi connectivity index (χ0) is 9.97. The van der Waals surface area contributed by atoms with Gasteiger partial charge in [0.15, 0.2) is 5.82 Å². The van der Waals surface area contributed by atoms with Crippen molar-refractivity contribution in [3.8, 4) is 11.5 Å². The van der Waals surface area contributed by atoms with Crippen molar-refractivity contribution < 1.29 is 4.39 Å². The number of nitrogens with zero attached hydrogens (tertiary/aromatic N) is 4. The van der Waals surface area contributed by atoms with Gasteiger partial charge in [-0.3, -0.25) is 0 Å². The van der Waals surface area contributed by atoms with E-state index in [0.29, 0.717) is 16.5 Å². The van der Waals surface area contributed by atoms with E-state index in [-0.39, 0.29) is 0 Å². The number of rotatable bonds is 1. The minimum atomic E-state index is -0.617. The maximum Gasteiger partial charge on any atom is 0.216 e. The number of hydrogen-bond donors (Lipinski definition) is 0. The van der Waals surface area contributed by atoms with Crippen LogP contribution in [0, 0.1) is 5.95 Å². The quantitative estimate of drug-likeness (QED) is 0.673. The van der Waals surface area contributed by atoms with Gasteiger partial charge in [-0.25, -0.2) is 19.9 Å². The molecule has 0 aliphatic rings. The molecule has 4 nitrogen and oxygen atoms in total. The monoisotopic (exact) mass is 210 g/mol. The van der Waals surface area contributed by atoms with Crippen LogP contribution in [0.3, 0.4) is 0 Å². The molecule has 0 unspecified atom stereocenters. The third-order valence-corrected chi connectivity index (χ3v) is 1.68. The summed E-state index contributed by atoms with van der Waals surface area (Å²) in [6, 6.07) is 1.16. The van der Waals surface area contributed by atoms with Crippen molar-refractivity contribution in [1.82, 2.24) is 19.9 Å². The van der Waals surface area contributed by atoms with Crippen LogP contribution >= 0.6 is 11.6 Å². The summed E-state index contributed by atoms with van der Waals surface area (Å²) in [6.45, 7) is 0. The van der Waals surface area contributed by atoms with Crippen molar-refractivity contribution in [3.05, 3.63) is 35.8 Å². The van der Waals surface area contributed by atoms with Crippen LogP contribution < -0.4 is 0 Å². The van der Waals surface area contributed by atoms with E-state index in [0.717, 1.165) is 12.4 Å². The fraction of sp³-hybridized carbons (Fsp3) is 0. The Balaban J connectivity index is 2.44. The molecule has 0 atom stereocenters. The van der Waals surface area contributed by atoms with E-state index in [1.54, 1.807) is 0 Å². The topological polar surface area (TPSA) is 51.6 Å². The lowest BCUT2D eigenvalue weighted by Gasteiger charge is -1.97. The molecule has 0 amide bonds. The number of halogens is 2. The zero-order valence-corrected chi connectivity index (χ0v) is 7.61. The molecule has 0 saturated heterocycles. The highest BCUT2D eigenvalue weighted by molar-refractivity contribution is 6.30. The average Bonchev–Trinajstić information content (AvgIpc) is 2.19. The summed E-state index contributed by atoms with van der Waals surface area (Å²) in [5.41, 5.74) is 0.328. The molecule has 14 heavy (non-hydrogen) atoms. The van der Waals surface area contributed by atoms with Crippen LogP contribution in [-0.2, 0) is 0 Å². The van der Waals surface area contributed by atoms with E-state index >= 15 is 0 Å². The lowest BCUT2D eigenvalue weighted by atomic mass is 10.4. The van der Waals surface area contributed by atoms with Gasteiger partial charge in [0.1, 0.15) is 12.0 Å². The molecule has 2 rings (SSSR count). The molecule has 0 aromatic carbocycles. The first kappa shape index (κ1) is 8.96. The molecule has 0 aliphatic carbocycles. The van der Waals surface area contributed by atoms with E-state index in [1.807, 2.05) is 0 Å². The molecule has 0 aliphatic heterocycles. The van der Waals surface area contributed by atoms with Gasteiger partial charge in [0.2, 0.25) is 5.95 Å². The van der Waals surface area contributed by atoms with E-state index in [4.69, 9.17) is 11.6 Å². The summed E-state index contributed by atoms with van der Waals surface area (Å²) in [6.07, 6.45) is 3.95. The van der Waals surface area contributed by atoms with E-state index in [9.17, 15) is 4.39 Å². The van der Waals surface area contributed by atoms with Crippen molar-refractivity contribution >= 4 is 11.6 Å². The lowest BCUT2D eigenvalue weighted by molar-refractivity contribution is 0.580. The predicted octanol–water partition coefficient (Wildman–Crippen LogP) is 1.73. The van der Waals surface area contributed by atoms with Gasteiger partial charge < -0.3 is 0 Å². The Labute approximate surface area is 83.8 Å². The number of aromatic nitrogens is 4. The van der Waals surface area contributed by atoms with Crippen LogP contribution in [0.25, 0.3) is 11.5 Å². The summed E-state index contributed by atoms with van der Waals surface area (Å²) >= 11 is 5.60. The Morgan fingerprint density at radius 2 is 1.79 bits per heavy atom. The molecule has 0 N–H and O–H groups in total. The Morgan fingerprint density at radius 1 is 1.07 bits per heavy atom. The maximum absolute atomic E-state index is 12.7. The summed E-state index contributed by atoms with van der Waals surface area (Å²) < 4.78 is 12.7. The summed E-state index contributed by atoms with van der Waals surface area (Å²) in [5.74, 6) is -0.302. The molecule has 0 fully saturated rings. The highest BCUT2D eigenvalue weighted by Crippen LogP contribution is 2.12. The Hall–Kier alpha value is -1.62. The normalized spacial score (nSPS) is 10.1. The van der Waals surface area contributed by atoms with Gasteiger partial charge in [-0.15, -0.1) is 0 Å². The smallest absolute Gasteiger partial charge is 0.216 e. The number of hydrogen-bond acceptors (Lipinski definition) is 4. The SMILES string of the molecule is Fc1cc(-c2ncc(Cl)cn2)ncn1. The highest BCUT2D eigenvalue weighted by Gasteiger charge is 2.03. The Kier molecular flexibility index (Phi) is 2.32. The molecule has 0 spiro atoms. The van der Waals surface area contributed by atoms with Crippen LogP contribution in [0.15, 0.2) is 24.8 Å². The summed E-state index contributed by atoms with van der Waals surface area (Å²) in [5, 5.41) is 0.420.